The Bertz CT molecular complexity index is 631. The Morgan fingerprint density at radius 2 is 2.19 bits per heavy atom. The first-order valence-electron chi connectivity index (χ1n) is 7.21. The molecule has 1 aliphatic heterocycles. The van der Waals surface area contributed by atoms with Gasteiger partial charge in [0, 0.05) is 35.8 Å². The molecule has 8 heteroatoms. The van der Waals surface area contributed by atoms with E-state index in [0.717, 1.165) is 24.4 Å². The van der Waals surface area contributed by atoms with Crippen molar-refractivity contribution in [2.45, 2.75) is 31.1 Å². The van der Waals surface area contributed by atoms with Crippen LogP contribution < -0.4 is 10.6 Å². The first-order valence-corrected chi connectivity index (χ1v) is 10.1. The Kier molecular flexibility index (Phi) is 4.00. The van der Waals surface area contributed by atoms with Crippen molar-refractivity contribution >= 4 is 33.2 Å². The molecule has 1 aromatic rings. The quantitative estimate of drug-likeness (QED) is 0.889. The molecule has 1 atom stereocenters. The highest BCUT2D eigenvalue weighted by Gasteiger charge is 2.35. The lowest BCUT2D eigenvalue weighted by atomic mass is 10.3. The van der Waals surface area contributed by atoms with E-state index in [4.69, 9.17) is 5.73 Å². The molecule has 3 rings (SSSR count). The van der Waals surface area contributed by atoms with Crippen LogP contribution in [0.3, 0.4) is 0 Å². The average Bonchev–Trinajstić information content (AvgIpc) is 3.31. The number of rotatable bonds is 4. The second kappa shape index (κ2) is 5.64. The monoisotopic (exact) mass is 328 g/mol. The zero-order valence-electron chi connectivity index (χ0n) is 12.0. The molecule has 1 aliphatic carbocycles. The second-order valence-corrected chi connectivity index (χ2v) is 9.06. The molecule has 0 amide bonds. The molecule has 0 spiro atoms. The molecule has 1 unspecified atom stereocenters. The van der Waals surface area contributed by atoms with E-state index in [0.29, 0.717) is 29.9 Å². The van der Waals surface area contributed by atoms with Gasteiger partial charge in [-0.2, -0.15) is 11.8 Å². The van der Waals surface area contributed by atoms with Gasteiger partial charge in [-0.25, -0.2) is 18.4 Å². The number of nitrogens with zero attached hydrogens (tertiary/aromatic N) is 3. The Morgan fingerprint density at radius 3 is 2.86 bits per heavy atom. The van der Waals surface area contributed by atoms with Crippen molar-refractivity contribution in [3.8, 4) is 0 Å². The van der Waals surface area contributed by atoms with Crippen molar-refractivity contribution in [2.75, 3.05) is 34.4 Å². The van der Waals surface area contributed by atoms with Crippen molar-refractivity contribution in [1.29, 1.82) is 0 Å². The Morgan fingerprint density at radius 1 is 1.43 bits per heavy atom. The van der Waals surface area contributed by atoms with Crippen LogP contribution in [0, 0.1) is 0 Å². The molecule has 1 saturated heterocycles. The minimum absolute atomic E-state index is 0.144. The summed E-state index contributed by atoms with van der Waals surface area (Å²) < 4.78 is 24.6. The van der Waals surface area contributed by atoms with Gasteiger partial charge >= 0.3 is 0 Å². The van der Waals surface area contributed by atoms with Gasteiger partial charge in [0.15, 0.2) is 9.84 Å². The maximum Gasteiger partial charge on any atom is 0.171 e. The zero-order chi connectivity index (χ0) is 15.0. The fourth-order valence-corrected chi connectivity index (χ4v) is 5.45. The lowest BCUT2D eigenvalue weighted by Gasteiger charge is -2.35. The highest BCUT2D eigenvalue weighted by molar-refractivity contribution is 8.01. The fraction of sp³-hybridized carbons (Fsp3) is 0.692. The average molecular weight is 328 g/mol. The molecule has 116 valence electrons. The van der Waals surface area contributed by atoms with Crippen LogP contribution in [-0.4, -0.2) is 47.6 Å². The van der Waals surface area contributed by atoms with Crippen molar-refractivity contribution in [2.24, 2.45) is 0 Å². The van der Waals surface area contributed by atoms with Crippen molar-refractivity contribution in [1.82, 2.24) is 9.97 Å². The summed E-state index contributed by atoms with van der Waals surface area (Å²) in [4.78, 5) is 10.7. The summed E-state index contributed by atoms with van der Waals surface area (Å²) in [6.07, 6.45) is 2.19. The van der Waals surface area contributed by atoms with Gasteiger partial charge < -0.3 is 10.6 Å². The number of hydrogen-bond acceptors (Lipinski definition) is 7. The van der Waals surface area contributed by atoms with Gasteiger partial charge in [-0.15, -0.1) is 0 Å². The van der Waals surface area contributed by atoms with Crippen molar-refractivity contribution in [3.63, 3.8) is 0 Å². The van der Waals surface area contributed by atoms with Crippen LogP contribution >= 0.6 is 11.8 Å². The molecule has 2 N–H and O–H groups in total. The highest BCUT2D eigenvalue weighted by Crippen LogP contribution is 2.39. The smallest absolute Gasteiger partial charge is 0.171 e. The van der Waals surface area contributed by atoms with E-state index in [-0.39, 0.29) is 5.75 Å². The summed E-state index contributed by atoms with van der Waals surface area (Å²) >= 11 is 1.68. The van der Waals surface area contributed by atoms with Crippen LogP contribution in [-0.2, 0) is 9.84 Å². The number of thioether (sulfide) groups is 1. The lowest BCUT2D eigenvalue weighted by molar-refractivity contribution is 0.578. The summed E-state index contributed by atoms with van der Waals surface area (Å²) in [5.74, 6) is 3.87. The van der Waals surface area contributed by atoms with E-state index in [9.17, 15) is 8.42 Å². The van der Waals surface area contributed by atoms with Gasteiger partial charge in [0.25, 0.3) is 0 Å². The molecular formula is C13H20N4O2S2. The molecule has 0 radical (unpaired) electrons. The van der Waals surface area contributed by atoms with Crippen molar-refractivity contribution in [3.05, 3.63) is 11.9 Å². The van der Waals surface area contributed by atoms with Crippen LogP contribution in [0.25, 0.3) is 0 Å². The molecular weight excluding hydrogens is 308 g/mol. The zero-order valence-corrected chi connectivity index (χ0v) is 13.7. The normalized spacial score (nSPS) is 23.3. The molecule has 1 aromatic heterocycles. The number of nitrogens with two attached hydrogens (primary N) is 1. The van der Waals surface area contributed by atoms with Crippen LogP contribution in [0.2, 0.25) is 0 Å². The number of aromatic nitrogens is 2. The van der Waals surface area contributed by atoms with Crippen LogP contribution in [0.15, 0.2) is 6.07 Å². The third kappa shape index (κ3) is 3.11. The highest BCUT2D eigenvalue weighted by atomic mass is 32.2. The van der Waals surface area contributed by atoms with E-state index in [1.807, 2.05) is 4.90 Å². The predicted molar refractivity (Wildman–Crippen MR) is 86.3 cm³/mol. The molecule has 0 bridgehead atoms. The molecule has 6 nitrogen and oxygen atoms in total. The first-order chi connectivity index (χ1) is 10.0. The largest absolute Gasteiger partial charge is 0.384 e. The van der Waals surface area contributed by atoms with Gasteiger partial charge in [-0.1, -0.05) is 6.92 Å². The molecule has 0 aromatic carbocycles. The molecule has 2 heterocycles. The van der Waals surface area contributed by atoms with Gasteiger partial charge in [0.05, 0.1) is 0 Å². The molecule has 2 aliphatic rings. The maximum absolute atomic E-state index is 12.3. The summed E-state index contributed by atoms with van der Waals surface area (Å²) in [7, 11) is -3.15. The van der Waals surface area contributed by atoms with Gasteiger partial charge in [0.1, 0.15) is 22.8 Å². The molecule has 21 heavy (non-hydrogen) atoms. The SMILES string of the molecule is CCS(=O)(=O)C1CSCCN1c1cc(N)nc(C2CC2)n1. The van der Waals surface area contributed by atoms with Crippen LogP contribution in [0.1, 0.15) is 31.5 Å². The standard InChI is InChI=1S/C13H20N4O2S2/c1-2-21(18,19)12-8-20-6-5-17(12)11-7-10(14)15-13(16-11)9-3-4-9/h7,9,12H,2-6,8H2,1H3,(H2,14,15,16). The van der Waals surface area contributed by atoms with E-state index in [1.54, 1.807) is 24.8 Å². The predicted octanol–water partition coefficient (Wildman–Crippen LogP) is 1.25. The maximum atomic E-state index is 12.3. The van der Waals surface area contributed by atoms with Crippen LogP contribution in [0.5, 0.6) is 0 Å². The molecule has 2 fully saturated rings. The lowest BCUT2D eigenvalue weighted by Crippen LogP contribution is -2.48. The van der Waals surface area contributed by atoms with Crippen LogP contribution in [0.4, 0.5) is 11.6 Å². The Balaban J connectivity index is 1.96. The van der Waals surface area contributed by atoms with Gasteiger partial charge in [-0.05, 0) is 12.8 Å². The third-order valence-electron chi connectivity index (χ3n) is 3.89. The van der Waals surface area contributed by atoms with Crippen molar-refractivity contribution < 1.29 is 8.42 Å². The van der Waals surface area contributed by atoms with E-state index >= 15 is 0 Å². The van der Waals surface area contributed by atoms with E-state index in [1.165, 1.54) is 0 Å². The fourth-order valence-electron chi connectivity index (χ4n) is 2.48. The van der Waals surface area contributed by atoms with Gasteiger partial charge in [-0.3, -0.25) is 0 Å². The molecule has 1 saturated carbocycles. The topological polar surface area (TPSA) is 89.2 Å². The summed E-state index contributed by atoms with van der Waals surface area (Å²) in [5.41, 5.74) is 5.89. The van der Waals surface area contributed by atoms with E-state index in [2.05, 4.69) is 9.97 Å². The summed E-state index contributed by atoms with van der Waals surface area (Å²) in [6.45, 7) is 2.37. The third-order valence-corrected chi connectivity index (χ3v) is 7.18. The number of hydrogen-bond donors (Lipinski definition) is 1. The minimum atomic E-state index is -3.15. The minimum Gasteiger partial charge on any atom is -0.384 e. The number of nitrogen functional groups attached to an aromatic ring is 1. The van der Waals surface area contributed by atoms with E-state index < -0.39 is 15.2 Å². The van der Waals surface area contributed by atoms with Gasteiger partial charge in [0.2, 0.25) is 0 Å². The first kappa shape index (κ1) is 14.9. The Hall–Kier alpha value is -1.02. The number of anilines is 2. The number of sulfone groups is 1. The second-order valence-electron chi connectivity index (χ2n) is 5.46. The summed E-state index contributed by atoms with van der Waals surface area (Å²) in [6, 6.07) is 1.69. The summed E-state index contributed by atoms with van der Waals surface area (Å²) in [5, 5.41) is -0.511. The Labute approximate surface area is 129 Å².